The summed E-state index contributed by atoms with van der Waals surface area (Å²) in [7, 11) is 2.92. The van der Waals surface area contributed by atoms with Crippen LogP contribution >= 0.6 is 23.1 Å². The highest BCUT2D eigenvalue weighted by Crippen LogP contribution is 2.27. The first kappa shape index (κ1) is 20.9. The van der Waals surface area contributed by atoms with Crippen LogP contribution in [0.3, 0.4) is 0 Å². The smallest absolute Gasteiger partial charge is 0.340 e. The first-order valence-corrected chi connectivity index (χ1v) is 10.6. The third-order valence-corrected chi connectivity index (χ3v) is 5.83. The lowest BCUT2D eigenvalue weighted by atomic mass is 10.2. The molecule has 0 spiro atoms. The molecule has 152 valence electrons. The van der Waals surface area contributed by atoms with Crippen LogP contribution in [0.5, 0.6) is 5.75 Å². The molecule has 2 heterocycles. The van der Waals surface area contributed by atoms with Crippen LogP contribution in [-0.2, 0) is 16.1 Å². The molecule has 1 amide bonds. The van der Waals surface area contributed by atoms with E-state index in [-0.39, 0.29) is 11.7 Å². The van der Waals surface area contributed by atoms with E-state index in [4.69, 9.17) is 9.47 Å². The predicted octanol–water partition coefficient (Wildman–Crippen LogP) is 3.55. The summed E-state index contributed by atoms with van der Waals surface area (Å²) in [5, 5.41) is 14.1. The van der Waals surface area contributed by atoms with E-state index in [0.717, 1.165) is 17.1 Å². The molecule has 1 N–H and O–H groups in total. The van der Waals surface area contributed by atoms with Crippen molar-refractivity contribution in [2.24, 2.45) is 0 Å². The largest absolute Gasteiger partial charge is 0.497 e. The number of methoxy groups -OCH3 is 2. The summed E-state index contributed by atoms with van der Waals surface area (Å²) in [6, 6.07) is 9.19. The summed E-state index contributed by atoms with van der Waals surface area (Å²) in [6.07, 6.45) is 0. The Morgan fingerprint density at radius 2 is 1.93 bits per heavy atom. The summed E-state index contributed by atoms with van der Waals surface area (Å²) in [6.45, 7) is 2.66. The average Bonchev–Trinajstić information content (AvgIpc) is 3.38. The van der Waals surface area contributed by atoms with Crippen molar-refractivity contribution >= 4 is 40.0 Å². The number of nitrogens with zero attached hydrogens (tertiary/aromatic N) is 3. The predicted molar refractivity (Wildman–Crippen MR) is 113 cm³/mol. The van der Waals surface area contributed by atoms with E-state index in [2.05, 4.69) is 15.5 Å². The molecular weight excluding hydrogens is 412 g/mol. The van der Waals surface area contributed by atoms with E-state index in [1.165, 1.54) is 30.2 Å². The molecule has 0 bridgehead atoms. The number of rotatable bonds is 8. The van der Waals surface area contributed by atoms with E-state index >= 15 is 0 Å². The quantitative estimate of drug-likeness (QED) is 0.430. The number of thiophene rings is 1. The maximum absolute atomic E-state index is 12.3. The molecule has 0 atom stereocenters. The fraction of sp³-hybridized carbons (Fsp3) is 0.263. The van der Waals surface area contributed by atoms with Gasteiger partial charge in [-0.2, -0.15) is 0 Å². The molecule has 0 radical (unpaired) electrons. The molecule has 0 aliphatic heterocycles. The number of aromatic nitrogens is 3. The van der Waals surface area contributed by atoms with Gasteiger partial charge in [-0.1, -0.05) is 11.8 Å². The van der Waals surface area contributed by atoms with Crippen LogP contribution < -0.4 is 10.1 Å². The molecule has 1 aromatic carbocycles. The van der Waals surface area contributed by atoms with Crippen molar-refractivity contribution in [3.05, 3.63) is 41.3 Å². The summed E-state index contributed by atoms with van der Waals surface area (Å²) in [5.74, 6) is 0.911. The highest BCUT2D eigenvalue weighted by molar-refractivity contribution is 7.99. The molecule has 0 aliphatic rings. The van der Waals surface area contributed by atoms with Crippen molar-refractivity contribution in [2.45, 2.75) is 18.6 Å². The highest BCUT2D eigenvalue weighted by Gasteiger charge is 2.18. The molecule has 3 rings (SSSR count). The number of thioether (sulfide) groups is 1. The van der Waals surface area contributed by atoms with Gasteiger partial charge in [0.2, 0.25) is 5.91 Å². The molecule has 0 aliphatic carbocycles. The van der Waals surface area contributed by atoms with Gasteiger partial charge in [-0.25, -0.2) is 4.79 Å². The third-order valence-electron chi connectivity index (χ3n) is 4.04. The standard InChI is InChI=1S/C19H20N4O4S2/c1-4-23-16(12-5-7-13(26-2)8-6-12)21-22-19(23)29-11-15(24)20-17-14(9-10-28-17)18(25)27-3/h5-10H,4,11H2,1-3H3,(H,20,24). The minimum Gasteiger partial charge on any atom is -0.497 e. The zero-order valence-electron chi connectivity index (χ0n) is 16.2. The molecule has 0 saturated heterocycles. The Balaban J connectivity index is 1.68. The van der Waals surface area contributed by atoms with Gasteiger partial charge in [0.15, 0.2) is 11.0 Å². The van der Waals surface area contributed by atoms with Crippen LogP contribution in [-0.4, -0.2) is 46.6 Å². The van der Waals surface area contributed by atoms with Gasteiger partial charge in [-0.3, -0.25) is 4.79 Å². The molecular formula is C19H20N4O4S2. The number of nitrogens with one attached hydrogen (secondary N) is 1. The second-order valence-electron chi connectivity index (χ2n) is 5.77. The zero-order chi connectivity index (χ0) is 20.8. The highest BCUT2D eigenvalue weighted by atomic mass is 32.2. The van der Waals surface area contributed by atoms with Gasteiger partial charge in [0, 0.05) is 12.1 Å². The molecule has 8 nitrogen and oxygen atoms in total. The first-order valence-electron chi connectivity index (χ1n) is 8.73. The lowest BCUT2D eigenvalue weighted by Crippen LogP contribution is -2.16. The molecule has 3 aromatic rings. The van der Waals surface area contributed by atoms with Crippen molar-refractivity contribution in [1.29, 1.82) is 0 Å². The van der Waals surface area contributed by atoms with E-state index in [9.17, 15) is 9.59 Å². The van der Waals surface area contributed by atoms with E-state index < -0.39 is 5.97 Å². The maximum Gasteiger partial charge on any atom is 0.340 e. The topological polar surface area (TPSA) is 95.3 Å². The molecule has 0 fully saturated rings. The number of esters is 1. The van der Waals surface area contributed by atoms with Crippen molar-refractivity contribution in [1.82, 2.24) is 14.8 Å². The first-order chi connectivity index (χ1) is 14.1. The normalized spacial score (nSPS) is 10.6. The number of ether oxygens (including phenoxy) is 2. The number of hydrogen-bond donors (Lipinski definition) is 1. The zero-order valence-corrected chi connectivity index (χ0v) is 17.8. The number of carbonyl (C=O) groups is 2. The Morgan fingerprint density at radius 1 is 1.17 bits per heavy atom. The molecule has 2 aromatic heterocycles. The monoisotopic (exact) mass is 432 g/mol. The average molecular weight is 433 g/mol. The Morgan fingerprint density at radius 3 is 2.59 bits per heavy atom. The van der Waals surface area contributed by atoms with Crippen molar-refractivity contribution in [3.8, 4) is 17.1 Å². The number of amides is 1. The molecule has 29 heavy (non-hydrogen) atoms. The Bertz CT molecular complexity index is 998. The van der Waals surface area contributed by atoms with Crippen LogP contribution in [0.2, 0.25) is 0 Å². The van der Waals surface area contributed by atoms with Gasteiger partial charge in [0.1, 0.15) is 10.8 Å². The van der Waals surface area contributed by atoms with E-state index in [1.54, 1.807) is 18.6 Å². The fourth-order valence-electron chi connectivity index (χ4n) is 2.60. The van der Waals surface area contributed by atoms with Gasteiger partial charge in [-0.05, 0) is 42.6 Å². The van der Waals surface area contributed by atoms with Crippen molar-refractivity contribution in [3.63, 3.8) is 0 Å². The number of benzene rings is 1. The van der Waals surface area contributed by atoms with Crippen LogP contribution in [0.1, 0.15) is 17.3 Å². The van der Waals surface area contributed by atoms with Crippen LogP contribution in [0.25, 0.3) is 11.4 Å². The lowest BCUT2D eigenvalue weighted by Gasteiger charge is -2.08. The van der Waals surface area contributed by atoms with Gasteiger partial charge in [-0.15, -0.1) is 21.5 Å². The van der Waals surface area contributed by atoms with Crippen molar-refractivity contribution < 1.29 is 19.1 Å². The van der Waals surface area contributed by atoms with Gasteiger partial charge in [0.05, 0.1) is 25.5 Å². The maximum atomic E-state index is 12.3. The van der Waals surface area contributed by atoms with Gasteiger partial charge >= 0.3 is 5.97 Å². The van der Waals surface area contributed by atoms with Crippen LogP contribution in [0, 0.1) is 0 Å². The third kappa shape index (κ3) is 4.77. The second kappa shape index (κ2) is 9.57. The summed E-state index contributed by atoms with van der Waals surface area (Å²) in [4.78, 5) is 24.1. The van der Waals surface area contributed by atoms with Crippen molar-refractivity contribution in [2.75, 3.05) is 25.3 Å². The summed E-state index contributed by atoms with van der Waals surface area (Å²) in [5.41, 5.74) is 1.26. The minimum absolute atomic E-state index is 0.138. The number of carbonyl (C=O) groups excluding carboxylic acids is 2. The minimum atomic E-state index is -0.482. The molecule has 0 unspecified atom stereocenters. The summed E-state index contributed by atoms with van der Waals surface area (Å²) < 4.78 is 11.9. The molecule has 0 saturated carbocycles. The summed E-state index contributed by atoms with van der Waals surface area (Å²) >= 11 is 2.56. The Kier molecular flexibility index (Phi) is 6.89. The SMILES string of the molecule is CCn1c(SCC(=O)Nc2sccc2C(=O)OC)nnc1-c1ccc(OC)cc1. The van der Waals surface area contributed by atoms with Gasteiger partial charge in [0.25, 0.3) is 0 Å². The van der Waals surface area contributed by atoms with Gasteiger partial charge < -0.3 is 19.4 Å². The Hall–Kier alpha value is -2.85. The number of anilines is 1. The second-order valence-corrected chi connectivity index (χ2v) is 7.63. The number of hydrogen-bond acceptors (Lipinski definition) is 8. The fourth-order valence-corrected chi connectivity index (χ4v) is 4.20. The van der Waals surface area contributed by atoms with Crippen LogP contribution in [0.4, 0.5) is 5.00 Å². The lowest BCUT2D eigenvalue weighted by molar-refractivity contribution is -0.113. The molecule has 10 heteroatoms. The van der Waals surface area contributed by atoms with E-state index in [1.807, 2.05) is 35.8 Å². The van der Waals surface area contributed by atoms with E-state index in [0.29, 0.717) is 22.3 Å². The van der Waals surface area contributed by atoms with Crippen LogP contribution in [0.15, 0.2) is 40.9 Å². The Labute approximate surface area is 176 Å².